The fourth-order valence-electron chi connectivity index (χ4n) is 4.40. The van der Waals surface area contributed by atoms with Gasteiger partial charge in [-0.1, -0.05) is 6.07 Å². The molecule has 2 fully saturated rings. The van der Waals surface area contributed by atoms with Gasteiger partial charge in [0, 0.05) is 43.2 Å². The molecule has 1 aromatic rings. The van der Waals surface area contributed by atoms with Crippen molar-refractivity contribution in [3.63, 3.8) is 0 Å². The van der Waals surface area contributed by atoms with E-state index in [-0.39, 0.29) is 11.5 Å². The second kappa shape index (κ2) is 5.54. The first-order chi connectivity index (χ1) is 10.7. The fraction of sp³-hybridized carbons (Fsp3) is 0.647. The molecule has 0 spiro atoms. The first kappa shape index (κ1) is 14.0. The molecule has 1 amide bonds. The van der Waals surface area contributed by atoms with Crippen molar-refractivity contribution in [2.24, 2.45) is 11.8 Å². The highest BCUT2D eigenvalue weighted by molar-refractivity contribution is 5.79. The van der Waals surface area contributed by atoms with Crippen molar-refractivity contribution in [3.8, 4) is 0 Å². The van der Waals surface area contributed by atoms with E-state index in [0.29, 0.717) is 17.7 Å². The first-order valence-corrected chi connectivity index (χ1v) is 8.41. The largest absolute Gasteiger partial charge is 0.341 e. The number of hydrogen-bond donors (Lipinski definition) is 1. The van der Waals surface area contributed by atoms with Crippen LogP contribution in [0.5, 0.6) is 0 Å². The van der Waals surface area contributed by atoms with E-state index < -0.39 is 0 Å². The third kappa shape index (κ3) is 2.37. The number of piperidine rings is 2. The number of aromatic nitrogens is 1. The minimum Gasteiger partial charge on any atom is -0.341 e. The second-order valence-electron chi connectivity index (χ2n) is 6.97. The third-order valence-electron chi connectivity index (χ3n) is 5.48. The van der Waals surface area contributed by atoms with Crippen LogP contribution in [0.2, 0.25) is 0 Å². The van der Waals surface area contributed by atoms with Gasteiger partial charge in [-0.3, -0.25) is 9.59 Å². The summed E-state index contributed by atoms with van der Waals surface area (Å²) >= 11 is 0. The predicted molar refractivity (Wildman–Crippen MR) is 83.7 cm³/mol. The molecule has 0 aliphatic carbocycles. The molecule has 22 heavy (non-hydrogen) atoms. The second-order valence-corrected chi connectivity index (χ2v) is 6.97. The van der Waals surface area contributed by atoms with Crippen molar-refractivity contribution in [1.82, 2.24) is 14.8 Å². The van der Waals surface area contributed by atoms with E-state index in [9.17, 15) is 9.59 Å². The molecule has 118 valence electrons. The Hall–Kier alpha value is -1.62. The summed E-state index contributed by atoms with van der Waals surface area (Å²) in [5.74, 6) is 1.28. The molecule has 5 nitrogen and oxygen atoms in total. The number of likely N-dealkylation sites (tertiary alicyclic amines) is 1. The van der Waals surface area contributed by atoms with E-state index >= 15 is 0 Å². The molecule has 0 saturated carbocycles. The van der Waals surface area contributed by atoms with Crippen LogP contribution in [0.25, 0.3) is 0 Å². The molecule has 0 aromatic carbocycles. The summed E-state index contributed by atoms with van der Waals surface area (Å²) in [5, 5.41) is 3.32. The molecule has 2 atom stereocenters. The number of carbonyl (C=O) groups excluding carboxylic acids is 1. The van der Waals surface area contributed by atoms with Crippen LogP contribution in [0.15, 0.2) is 23.0 Å². The summed E-state index contributed by atoms with van der Waals surface area (Å²) < 4.78 is 1.92. The van der Waals surface area contributed by atoms with Gasteiger partial charge in [-0.25, -0.2) is 0 Å². The third-order valence-corrected chi connectivity index (χ3v) is 5.48. The molecule has 0 unspecified atom stereocenters. The van der Waals surface area contributed by atoms with Crippen molar-refractivity contribution in [2.45, 2.75) is 31.7 Å². The van der Waals surface area contributed by atoms with Crippen LogP contribution in [0, 0.1) is 11.8 Å². The van der Waals surface area contributed by atoms with Crippen molar-refractivity contribution < 1.29 is 4.79 Å². The van der Waals surface area contributed by atoms with Gasteiger partial charge in [0.2, 0.25) is 5.91 Å². The Kier molecular flexibility index (Phi) is 3.53. The molecule has 4 rings (SSSR count). The van der Waals surface area contributed by atoms with Crippen molar-refractivity contribution in [3.05, 3.63) is 34.2 Å². The highest BCUT2D eigenvalue weighted by Crippen LogP contribution is 2.35. The van der Waals surface area contributed by atoms with Crippen molar-refractivity contribution in [2.75, 3.05) is 26.2 Å². The zero-order valence-corrected chi connectivity index (χ0v) is 12.8. The Labute approximate surface area is 130 Å². The quantitative estimate of drug-likeness (QED) is 0.834. The number of carbonyl (C=O) groups is 1. The van der Waals surface area contributed by atoms with Gasteiger partial charge >= 0.3 is 0 Å². The summed E-state index contributed by atoms with van der Waals surface area (Å²) in [4.78, 5) is 26.9. The van der Waals surface area contributed by atoms with Crippen LogP contribution in [0.4, 0.5) is 0 Å². The standard InChI is InChI=1S/C17H23N3O2/c21-16-3-1-2-15-14-8-12(10-20(15)16)9-19(11-14)17(22)13-4-6-18-7-5-13/h1-3,12-14,18H,4-11H2/t12-,14+/m1/s1. The fourth-order valence-corrected chi connectivity index (χ4v) is 4.40. The first-order valence-electron chi connectivity index (χ1n) is 8.41. The number of hydrogen-bond acceptors (Lipinski definition) is 3. The molecular weight excluding hydrogens is 278 g/mol. The minimum absolute atomic E-state index is 0.102. The average molecular weight is 301 g/mol. The summed E-state index contributed by atoms with van der Waals surface area (Å²) in [5.41, 5.74) is 1.22. The van der Waals surface area contributed by atoms with Crippen molar-refractivity contribution in [1.29, 1.82) is 0 Å². The van der Waals surface area contributed by atoms with Gasteiger partial charge in [-0.2, -0.15) is 0 Å². The molecule has 0 radical (unpaired) electrons. The van der Waals surface area contributed by atoms with Gasteiger partial charge in [0.05, 0.1) is 0 Å². The monoisotopic (exact) mass is 301 g/mol. The zero-order valence-electron chi connectivity index (χ0n) is 12.8. The lowest BCUT2D eigenvalue weighted by Gasteiger charge is -2.44. The topological polar surface area (TPSA) is 54.3 Å². The van der Waals surface area contributed by atoms with E-state index in [1.54, 1.807) is 6.07 Å². The van der Waals surface area contributed by atoms with Crippen LogP contribution >= 0.6 is 0 Å². The molecule has 1 aromatic heterocycles. The highest BCUT2D eigenvalue weighted by Gasteiger charge is 2.37. The zero-order chi connectivity index (χ0) is 15.1. The Balaban J connectivity index is 1.55. The van der Waals surface area contributed by atoms with Crippen LogP contribution in [-0.2, 0) is 11.3 Å². The van der Waals surface area contributed by atoms with Gasteiger partial charge in [-0.05, 0) is 44.3 Å². The Morgan fingerprint density at radius 3 is 2.77 bits per heavy atom. The minimum atomic E-state index is 0.102. The normalized spacial score (nSPS) is 28.3. The average Bonchev–Trinajstić information content (AvgIpc) is 2.56. The van der Waals surface area contributed by atoms with Gasteiger partial charge in [-0.15, -0.1) is 0 Å². The number of nitrogens with one attached hydrogen (secondary N) is 1. The van der Waals surface area contributed by atoms with E-state index in [4.69, 9.17) is 0 Å². The highest BCUT2D eigenvalue weighted by atomic mass is 16.2. The van der Waals surface area contributed by atoms with Crippen LogP contribution in [-0.4, -0.2) is 41.6 Å². The number of amides is 1. The SMILES string of the molecule is O=C(C1CCNCC1)N1C[C@H]2C[C@@H](C1)c1cccc(=O)n1C2. The lowest BCUT2D eigenvalue weighted by molar-refractivity contribution is -0.139. The molecule has 4 heterocycles. The molecule has 3 aliphatic heterocycles. The number of rotatable bonds is 1. The Bertz CT molecular complexity index is 633. The molecule has 5 heteroatoms. The van der Waals surface area contributed by atoms with Gasteiger partial charge < -0.3 is 14.8 Å². The molecule has 3 aliphatic rings. The molecule has 2 bridgehead atoms. The summed E-state index contributed by atoms with van der Waals surface area (Å²) in [6, 6.07) is 5.55. The van der Waals surface area contributed by atoms with E-state index in [2.05, 4.69) is 16.3 Å². The van der Waals surface area contributed by atoms with E-state index in [1.807, 2.05) is 10.6 Å². The summed E-state index contributed by atoms with van der Waals surface area (Å²) in [7, 11) is 0. The summed E-state index contributed by atoms with van der Waals surface area (Å²) in [6.45, 7) is 4.27. The lowest BCUT2D eigenvalue weighted by Crippen LogP contribution is -2.51. The maximum absolute atomic E-state index is 12.8. The Morgan fingerprint density at radius 1 is 1.14 bits per heavy atom. The lowest BCUT2D eigenvalue weighted by atomic mass is 9.82. The molecule has 1 N–H and O–H groups in total. The van der Waals surface area contributed by atoms with Crippen LogP contribution in [0.3, 0.4) is 0 Å². The number of nitrogens with zero attached hydrogens (tertiary/aromatic N) is 2. The van der Waals surface area contributed by atoms with Gasteiger partial charge in [0.25, 0.3) is 5.56 Å². The Morgan fingerprint density at radius 2 is 1.95 bits per heavy atom. The maximum Gasteiger partial charge on any atom is 0.250 e. The predicted octanol–water partition coefficient (Wildman–Crippen LogP) is 0.794. The smallest absolute Gasteiger partial charge is 0.250 e. The van der Waals surface area contributed by atoms with E-state index in [1.165, 1.54) is 0 Å². The molecular formula is C17H23N3O2. The van der Waals surface area contributed by atoms with Crippen LogP contribution < -0.4 is 10.9 Å². The van der Waals surface area contributed by atoms with Crippen molar-refractivity contribution >= 4 is 5.91 Å². The summed E-state index contributed by atoms with van der Waals surface area (Å²) in [6.07, 6.45) is 3.03. The number of pyridine rings is 1. The molecule has 2 saturated heterocycles. The maximum atomic E-state index is 12.8. The van der Waals surface area contributed by atoms with Gasteiger partial charge in [0.1, 0.15) is 0 Å². The number of fused-ring (bicyclic) bond motifs is 4. The van der Waals surface area contributed by atoms with Gasteiger partial charge in [0.15, 0.2) is 0 Å². The van der Waals surface area contributed by atoms with Crippen LogP contribution in [0.1, 0.15) is 30.9 Å². The van der Waals surface area contributed by atoms with E-state index in [0.717, 1.165) is 57.7 Å².